The highest BCUT2D eigenvalue weighted by Crippen LogP contribution is 2.34. The first-order chi connectivity index (χ1) is 9.44. The van der Waals surface area contributed by atoms with Gasteiger partial charge in [-0.1, -0.05) is 25.1 Å². The van der Waals surface area contributed by atoms with E-state index >= 15 is 0 Å². The molecule has 0 radical (unpaired) electrons. The summed E-state index contributed by atoms with van der Waals surface area (Å²) in [7, 11) is 0. The van der Waals surface area contributed by atoms with Gasteiger partial charge in [0.1, 0.15) is 0 Å². The Morgan fingerprint density at radius 3 is 2.90 bits per heavy atom. The maximum atomic E-state index is 8.99. The fourth-order valence-electron chi connectivity index (χ4n) is 2.34. The molecule has 110 valence electrons. The van der Waals surface area contributed by atoms with Crippen molar-refractivity contribution >= 4 is 39.2 Å². The molecule has 1 aliphatic heterocycles. The molecule has 0 amide bonds. The van der Waals surface area contributed by atoms with Crippen LogP contribution < -0.4 is 10.6 Å². The molecule has 0 atom stereocenters. The molecule has 0 aliphatic carbocycles. The maximum absolute atomic E-state index is 8.99. The summed E-state index contributed by atoms with van der Waals surface area (Å²) in [5.74, 6) is 1.22. The predicted molar refractivity (Wildman–Crippen MR) is 90.0 cm³/mol. The molecule has 2 rings (SSSR count). The number of benzene rings is 1. The topological polar surface area (TPSA) is 61.8 Å². The van der Waals surface area contributed by atoms with Crippen LogP contribution in [-0.2, 0) is 0 Å². The molecule has 1 heterocycles. The minimum atomic E-state index is 0.142. The number of thioether (sulfide) groups is 1. The number of halogens is 1. The van der Waals surface area contributed by atoms with E-state index in [1.807, 2.05) is 30.0 Å². The van der Waals surface area contributed by atoms with Crippen molar-refractivity contribution in [2.24, 2.45) is 10.9 Å². The Balaban J connectivity index is 2.35. The van der Waals surface area contributed by atoms with Crippen molar-refractivity contribution < 1.29 is 5.21 Å². The van der Waals surface area contributed by atoms with Crippen LogP contribution in [0.2, 0.25) is 0 Å². The SMILES string of the molecule is CC1(C)CCN(c2cccc(Br)c2/C(N)=N/O)CCS1. The van der Waals surface area contributed by atoms with Gasteiger partial charge < -0.3 is 15.8 Å². The van der Waals surface area contributed by atoms with Gasteiger partial charge in [0.05, 0.1) is 5.56 Å². The number of anilines is 1. The molecule has 0 aromatic heterocycles. The highest BCUT2D eigenvalue weighted by atomic mass is 79.9. The van der Waals surface area contributed by atoms with Gasteiger partial charge in [0.25, 0.3) is 0 Å². The lowest BCUT2D eigenvalue weighted by atomic mass is 10.1. The monoisotopic (exact) mass is 357 g/mol. The third-order valence-electron chi connectivity index (χ3n) is 3.53. The summed E-state index contributed by atoms with van der Waals surface area (Å²) in [6.07, 6.45) is 1.11. The third kappa shape index (κ3) is 3.41. The molecule has 0 saturated carbocycles. The average molecular weight is 358 g/mol. The van der Waals surface area contributed by atoms with Gasteiger partial charge in [-0.05, 0) is 34.5 Å². The van der Waals surface area contributed by atoms with Crippen LogP contribution in [0.15, 0.2) is 27.8 Å². The predicted octanol–water partition coefficient (Wildman–Crippen LogP) is 3.27. The van der Waals surface area contributed by atoms with Crippen LogP contribution in [-0.4, -0.2) is 34.6 Å². The number of rotatable bonds is 2. The van der Waals surface area contributed by atoms with Crippen LogP contribution in [0, 0.1) is 0 Å². The smallest absolute Gasteiger partial charge is 0.173 e. The van der Waals surface area contributed by atoms with E-state index in [-0.39, 0.29) is 5.84 Å². The zero-order valence-electron chi connectivity index (χ0n) is 11.8. The number of hydrogen-bond donors (Lipinski definition) is 2. The van der Waals surface area contributed by atoms with Gasteiger partial charge in [-0.2, -0.15) is 11.8 Å². The third-order valence-corrected chi connectivity index (χ3v) is 5.57. The molecule has 0 unspecified atom stereocenters. The Morgan fingerprint density at radius 2 is 2.20 bits per heavy atom. The van der Waals surface area contributed by atoms with E-state index in [4.69, 9.17) is 10.9 Å². The highest BCUT2D eigenvalue weighted by Gasteiger charge is 2.25. The molecule has 1 fully saturated rings. The Morgan fingerprint density at radius 1 is 1.45 bits per heavy atom. The van der Waals surface area contributed by atoms with Gasteiger partial charge in [-0.3, -0.25) is 0 Å². The normalized spacial score (nSPS) is 19.8. The molecular weight excluding hydrogens is 338 g/mol. The number of oxime groups is 1. The summed E-state index contributed by atoms with van der Waals surface area (Å²) in [5, 5.41) is 12.2. The second kappa shape index (κ2) is 6.26. The first kappa shape index (κ1) is 15.5. The van der Waals surface area contributed by atoms with Gasteiger partial charge in [-0.25, -0.2) is 0 Å². The van der Waals surface area contributed by atoms with E-state index in [0.29, 0.717) is 4.75 Å². The molecule has 3 N–H and O–H groups in total. The molecule has 1 saturated heterocycles. The van der Waals surface area contributed by atoms with Gasteiger partial charge >= 0.3 is 0 Å². The van der Waals surface area contributed by atoms with Gasteiger partial charge in [0, 0.05) is 33.7 Å². The summed E-state index contributed by atoms with van der Waals surface area (Å²) in [6.45, 7) is 6.51. The fraction of sp³-hybridized carbons (Fsp3) is 0.500. The maximum Gasteiger partial charge on any atom is 0.173 e. The van der Waals surface area contributed by atoms with Crippen molar-refractivity contribution in [1.82, 2.24) is 0 Å². The van der Waals surface area contributed by atoms with Crippen LogP contribution in [0.25, 0.3) is 0 Å². The molecular formula is C14H20BrN3OS. The quantitative estimate of drug-likeness (QED) is 0.369. The van der Waals surface area contributed by atoms with E-state index in [2.05, 4.69) is 39.8 Å². The summed E-state index contributed by atoms with van der Waals surface area (Å²) < 4.78 is 1.15. The van der Waals surface area contributed by atoms with E-state index in [1.165, 1.54) is 0 Å². The standard InChI is InChI=1S/C14H20BrN3OS/c1-14(2)6-7-18(8-9-20-14)11-5-3-4-10(15)12(11)13(16)17-19/h3-5,19H,6-9H2,1-2H3,(H2,16,17). The van der Waals surface area contributed by atoms with Gasteiger partial charge in [0.2, 0.25) is 0 Å². The van der Waals surface area contributed by atoms with Crippen LogP contribution in [0.4, 0.5) is 5.69 Å². The molecule has 1 aromatic carbocycles. The molecule has 1 aromatic rings. The number of nitrogens with two attached hydrogens (primary N) is 1. The Bertz CT molecular complexity index is 519. The lowest BCUT2D eigenvalue weighted by Crippen LogP contribution is -2.30. The van der Waals surface area contributed by atoms with Crippen molar-refractivity contribution in [1.29, 1.82) is 0 Å². The summed E-state index contributed by atoms with van der Waals surface area (Å²) in [6, 6.07) is 5.92. The fourth-order valence-corrected chi connectivity index (χ4v) is 4.00. The van der Waals surface area contributed by atoms with Crippen LogP contribution in [0.1, 0.15) is 25.8 Å². The van der Waals surface area contributed by atoms with E-state index in [0.717, 1.165) is 41.0 Å². The number of hydrogen-bond acceptors (Lipinski definition) is 4. The Kier molecular flexibility index (Phi) is 4.86. The minimum Gasteiger partial charge on any atom is -0.409 e. The largest absolute Gasteiger partial charge is 0.409 e. The van der Waals surface area contributed by atoms with Crippen molar-refractivity contribution in [3.63, 3.8) is 0 Å². The van der Waals surface area contributed by atoms with Gasteiger partial charge in [0.15, 0.2) is 5.84 Å². The van der Waals surface area contributed by atoms with E-state index in [9.17, 15) is 0 Å². The first-order valence-corrected chi connectivity index (χ1v) is 8.38. The number of nitrogens with zero attached hydrogens (tertiary/aromatic N) is 2. The zero-order chi connectivity index (χ0) is 14.8. The van der Waals surface area contributed by atoms with Crippen LogP contribution in [0.3, 0.4) is 0 Å². The zero-order valence-corrected chi connectivity index (χ0v) is 14.2. The molecule has 20 heavy (non-hydrogen) atoms. The van der Waals surface area contributed by atoms with Crippen molar-refractivity contribution in [3.8, 4) is 0 Å². The molecule has 6 heteroatoms. The minimum absolute atomic E-state index is 0.142. The Labute approximate surface area is 132 Å². The second-order valence-corrected chi connectivity index (χ2v) is 8.12. The first-order valence-electron chi connectivity index (χ1n) is 6.60. The van der Waals surface area contributed by atoms with Gasteiger partial charge in [-0.15, -0.1) is 0 Å². The molecule has 4 nitrogen and oxygen atoms in total. The lowest BCUT2D eigenvalue weighted by molar-refractivity contribution is 0.318. The molecule has 1 aliphatic rings. The second-order valence-electron chi connectivity index (χ2n) is 5.46. The average Bonchev–Trinajstić information content (AvgIpc) is 2.58. The Hall–Kier alpha value is -0.880. The van der Waals surface area contributed by atoms with Crippen molar-refractivity contribution in [2.45, 2.75) is 25.0 Å². The summed E-state index contributed by atoms with van der Waals surface area (Å²) in [5.41, 5.74) is 7.62. The summed E-state index contributed by atoms with van der Waals surface area (Å²) in [4.78, 5) is 2.32. The molecule has 0 spiro atoms. The van der Waals surface area contributed by atoms with Crippen molar-refractivity contribution in [2.75, 3.05) is 23.7 Å². The molecule has 0 bridgehead atoms. The van der Waals surface area contributed by atoms with Crippen LogP contribution >= 0.6 is 27.7 Å². The highest BCUT2D eigenvalue weighted by molar-refractivity contribution is 9.10. The van der Waals surface area contributed by atoms with E-state index in [1.54, 1.807) is 0 Å². The van der Waals surface area contributed by atoms with Crippen LogP contribution in [0.5, 0.6) is 0 Å². The van der Waals surface area contributed by atoms with Crippen molar-refractivity contribution in [3.05, 3.63) is 28.2 Å². The number of amidine groups is 1. The van der Waals surface area contributed by atoms with E-state index < -0.39 is 0 Å². The lowest BCUT2D eigenvalue weighted by Gasteiger charge is -2.26. The summed E-state index contributed by atoms with van der Waals surface area (Å²) >= 11 is 5.49.